The summed E-state index contributed by atoms with van der Waals surface area (Å²) in [6.45, 7) is 0. The maximum atomic E-state index is 13.9. The fraction of sp³-hybridized carbons (Fsp3) is 0. The molecule has 28 heavy (non-hydrogen) atoms. The molecule has 0 saturated carbocycles. The second kappa shape index (κ2) is 7.15. The van der Waals surface area contributed by atoms with Crippen LogP contribution in [-0.2, 0) is 0 Å². The molecule has 0 fully saturated rings. The summed E-state index contributed by atoms with van der Waals surface area (Å²) in [5, 5.41) is 2.83. The van der Waals surface area contributed by atoms with Gasteiger partial charge in [0.15, 0.2) is 0 Å². The minimum absolute atomic E-state index is 0.201. The van der Waals surface area contributed by atoms with E-state index in [0.29, 0.717) is 22.2 Å². The normalized spacial score (nSPS) is 10.8. The molecule has 1 amide bonds. The molecule has 3 nitrogen and oxygen atoms in total. The monoisotopic (exact) mass is 378 g/mol. The van der Waals surface area contributed by atoms with Crippen molar-refractivity contribution in [3.8, 4) is 11.3 Å². The van der Waals surface area contributed by atoms with Crippen LogP contribution in [0.5, 0.6) is 0 Å². The highest BCUT2D eigenvalue weighted by Gasteiger charge is 2.17. The number of pyridine rings is 1. The number of halogens is 3. The highest BCUT2D eigenvalue weighted by atomic mass is 19.1. The van der Waals surface area contributed by atoms with Crippen molar-refractivity contribution in [2.24, 2.45) is 0 Å². The summed E-state index contributed by atoms with van der Waals surface area (Å²) in [5.41, 5.74) is 1.27. The molecule has 6 heteroatoms. The number of hydrogen-bond acceptors (Lipinski definition) is 2. The first-order valence-electron chi connectivity index (χ1n) is 8.44. The minimum atomic E-state index is -0.870. The number of nitrogens with zero attached hydrogens (tertiary/aromatic N) is 1. The lowest BCUT2D eigenvalue weighted by Gasteiger charge is -2.11. The summed E-state index contributed by atoms with van der Waals surface area (Å²) >= 11 is 0. The lowest BCUT2D eigenvalue weighted by atomic mass is 10.0. The molecule has 0 aliphatic rings. The number of carbonyl (C=O) groups is 1. The van der Waals surface area contributed by atoms with Gasteiger partial charge >= 0.3 is 0 Å². The van der Waals surface area contributed by atoms with Gasteiger partial charge in [-0.2, -0.15) is 0 Å². The number of benzene rings is 3. The van der Waals surface area contributed by atoms with E-state index < -0.39 is 29.0 Å². The van der Waals surface area contributed by atoms with E-state index in [2.05, 4.69) is 10.3 Å². The van der Waals surface area contributed by atoms with E-state index in [9.17, 15) is 18.0 Å². The molecule has 0 spiro atoms. The Balaban J connectivity index is 1.83. The second-order valence-corrected chi connectivity index (χ2v) is 6.13. The van der Waals surface area contributed by atoms with Crippen LogP contribution >= 0.6 is 0 Å². The molecular formula is C22H13F3N2O. The first-order valence-corrected chi connectivity index (χ1v) is 8.44. The Labute approximate surface area is 158 Å². The smallest absolute Gasteiger partial charge is 0.256 e. The predicted molar refractivity (Wildman–Crippen MR) is 101 cm³/mol. The van der Waals surface area contributed by atoms with Crippen LogP contribution in [0.2, 0.25) is 0 Å². The number of hydrogen-bond donors (Lipinski definition) is 1. The third kappa shape index (κ3) is 3.32. The van der Waals surface area contributed by atoms with E-state index in [1.54, 1.807) is 36.4 Å². The summed E-state index contributed by atoms with van der Waals surface area (Å²) in [5.74, 6) is -2.81. The zero-order valence-corrected chi connectivity index (χ0v) is 14.4. The van der Waals surface area contributed by atoms with Crippen molar-refractivity contribution in [1.29, 1.82) is 0 Å². The first-order chi connectivity index (χ1) is 13.5. The van der Waals surface area contributed by atoms with Gasteiger partial charge in [-0.15, -0.1) is 0 Å². The Morgan fingerprint density at radius 1 is 0.821 bits per heavy atom. The largest absolute Gasteiger partial charge is 0.317 e. The van der Waals surface area contributed by atoms with Gasteiger partial charge in [-0.3, -0.25) is 4.79 Å². The van der Waals surface area contributed by atoms with E-state index in [1.807, 2.05) is 0 Å². The SMILES string of the molecule is O=C(Nc1c(F)cccc1F)c1cc(-c2ccc(F)cc2)nc2ccccc12. The van der Waals surface area contributed by atoms with Gasteiger partial charge < -0.3 is 5.32 Å². The molecule has 0 bridgehead atoms. The van der Waals surface area contributed by atoms with Crippen molar-refractivity contribution in [3.63, 3.8) is 0 Å². The topological polar surface area (TPSA) is 42.0 Å². The fourth-order valence-electron chi connectivity index (χ4n) is 2.93. The maximum Gasteiger partial charge on any atom is 0.256 e. The quantitative estimate of drug-likeness (QED) is 0.506. The Bertz CT molecular complexity index is 1170. The molecule has 1 heterocycles. The lowest BCUT2D eigenvalue weighted by Crippen LogP contribution is -2.15. The number of para-hydroxylation sites is 2. The van der Waals surface area contributed by atoms with Crippen LogP contribution in [0.15, 0.2) is 72.8 Å². The van der Waals surface area contributed by atoms with Gasteiger partial charge in [-0.05, 0) is 48.5 Å². The molecule has 0 unspecified atom stereocenters. The Kier molecular flexibility index (Phi) is 4.53. The average Bonchev–Trinajstić information content (AvgIpc) is 2.70. The van der Waals surface area contributed by atoms with Gasteiger partial charge in [0.25, 0.3) is 5.91 Å². The average molecular weight is 378 g/mol. The van der Waals surface area contributed by atoms with Crippen molar-refractivity contribution in [2.75, 3.05) is 5.32 Å². The zero-order chi connectivity index (χ0) is 19.7. The lowest BCUT2D eigenvalue weighted by molar-refractivity contribution is 0.102. The van der Waals surface area contributed by atoms with Crippen LogP contribution in [0, 0.1) is 17.5 Å². The maximum absolute atomic E-state index is 13.9. The summed E-state index contributed by atoms with van der Waals surface area (Å²) in [4.78, 5) is 17.3. The van der Waals surface area contributed by atoms with Gasteiger partial charge in [0, 0.05) is 10.9 Å². The molecular weight excluding hydrogens is 365 g/mol. The molecule has 4 rings (SSSR count). The van der Waals surface area contributed by atoms with Crippen molar-refractivity contribution < 1.29 is 18.0 Å². The standard InChI is InChI=1S/C22H13F3N2O/c23-14-10-8-13(9-11-14)20-12-16(15-4-1-2-7-19(15)26-20)22(28)27-21-17(24)5-3-6-18(21)25/h1-12H,(H,27,28). The van der Waals surface area contributed by atoms with Crippen molar-refractivity contribution in [1.82, 2.24) is 4.98 Å². The fourth-order valence-corrected chi connectivity index (χ4v) is 2.93. The van der Waals surface area contributed by atoms with Crippen molar-refractivity contribution in [3.05, 3.63) is 95.8 Å². The Morgan fingerprint density at radius 2 is 1.50 bits per heavy atom. The summed E-state index contributed by atoms with van der Waals surface area (Å²) in [7, 11) is 0. The predicted octanol–water partition coefficient (Wildman–Crippen LogP) is 5.57. The van der Waals surface area contributed by atoms with E-state index >= 15 is 0 Å². The van der Waals surface area contributed by atoms with Crippen LogP contribution in [0.1, 0.15) is 10.4 Å². The molecule has 1 aromatic heterocycles. The van der Waals surface area contributed by atoms with Crippen LogP contribution in [-0.4, -0.2) is 10.9 Å². The molecule has 4 aromatic rings. The van der Waals surface area contributed by atoms with E-state index in [1.165, 1.54) is 24.3 Å². The van der Waals surface area contributed by atoms with Gasteiger partial charge in [-0.25, -0.2) is 18.2 Å². The van der Waals surface area contributed by atoms with Gasteiger partial charge in [-0.1, -0.05) is 24.3 Å². The first kappa shape index (κ1) is 17.7. The molecule has 0 aliphatic heterocycles. The molecule has 0 aliphatic carbocycles. The Hall–Kier alpha value is -3.67. The minimum Gasteiger partial charge on any atom is -0.317 e. The van der Waals surface area contributed by atoms with Gasteiger partial charge in [0.2, 0.25) is 0 Å². The van der Waals surface area contributed by atoms with E-state index in [4.69, 9.17) is 0 Å². The number of amides is 1. The molecule has 3 aromatic carbocycles. The molecule has 0 radical (unpaired) electrons. The highest BCUT2D eigenvalue weighted by molar-refractivity contribution is 6.13. The third-order valence-corrected chi connectivity index (χ3v) is 4.30. The van der Waals surface area contributed by atoms with Crippen LogP contribution in [0.25, 0.3) is 22.2 Å². The zero-order valence-electron chi connectivity index (χ0n) is 14.4. The second-order valence-electron chi connectivity index (χ2n) is 6.13. The van der Waals surface area contributed by atoms with Crippen LogP contribution in [0.3, 0.4) is 0 Å². The summed E-state index contributed by atoms with van der Waals surface area (Å²) in [6, 6.07) is 17.5. The third-order valence-electron chi connectivity index (χ3n) is 4.30. The molecule has 0 saturated heterocycles. The van der Waals surface area contributed by atoms with E-state index in [0.717, 1.165) is 12.1 Å². The van der Waals surface area contributed by atoms with Crippen molar-refractivity contribution in [2.45, 2.75) is 0 Å². The molecule has 0 atom stereocenters. The van der Waals surface area contributed by atoms with E-state index in [-0.39, 0.29) is 5.56 Å². The highest BCUT2D eigenvalue weighted by Crippen LogP contribution is 2.27. The summed E-state index contributed by atoms with van der Waals surface area (Å²) < 4.78 is 41.1. The number of rotatable bonds is 3. The molecule has 1 N–H and O–H groups in total. The van der Waals surface area contributed by atoms with Crippen LogP contribution < -0.4 is 5.32 Å². The Morgan fingerprint density at radius 3 is 2.21 bits per heavy atom. The number of anilines is 1. The number of carbonyl (C=O) groups excluding carboxylic acids is 1. The number of aromatic nitrogens is 1. The number of nitrogens with one attached hydrogen (secondary N) is 1. The van der Waals surface area contributed by atoms with Crippen molar-refractivity contribution >= 4 is 22.5 Å². The molecule has 138 valence electrons. The van der Waals surface area contributed by atoms with Gasteiger partial charge in [0.05, 0.1) is 16.8 Å². The number of fused-ring (bicyclic) bond motifs is 1. The van der Waals surface area contributed by atoms with Crippen LogP contribution in [0.4, 0.5) is 18.9 Å². The van der Waals surface area contributed by atoms with Gasteiger partial charge in [0.1, 0.15) is 23.1 Å². The summed E-state index contributed by atoms with van der Waals surface area (Å²) in [6.07, 6.45) is 0.